The monoisotopic (exact) mass is 404 g/mol. The standard InChI is InChI=1S/C22H20N4O2S/c1-3-16-14(2)29-21-18(16)20-23-19(17-10-7-13-28-17)24-26(20)22(27)25(21)12-11-15-8-5-4-6-9-15/h4-10,13H,3,11-12H2,1-2H3. The van der Waals surface area contributed by atoms with Gasteiger partial charge >= 0.3 is 5.69 Å². The smallest absolute Gasteiger partial charge is 0.351 e. The number of benzene rings is 1. The molecule has 0 aliphatic carbocycles. The van der Waals surface area contributed by atoms with E-state index in [-0.39, 0.29) is 5.69 Å². The van der Waals surface area contributed by atoms with Crippen molar-refractivity contribution < 1.29 is 4.42 Å². The van der Waals surface area contributed by atoms with E-state index in [4.69, 9.17) is 4.42 Å². The molecule has 4 heterocycles. The lowest BCUT2D eigenvalue weighted by Crippen LogP contribution is -2.28. The lowest BCUT2D eigenvalue weighted by atomic mass is 10.1. The van der Waals surface area contributed by atoms with Crippen LogP contribution in [0.2, 0.25) is 0 Å². The Morgan fingerprint density at radius 2 is 1.97 bits per heavy atom. The summed E-state index contributed by atoms with van der Waals surface area (Å²) in [6.07, 6.45) is 3.24. The van der Waals surface area contributed by atoms with Crippen LogP contribution in [0, 0.1) is 6.92 Å². The SMILES string of the molecule is CCc1c(C)sc2c1c1nc(-c3ccco3)nn1c(=O)n2CCc1ccccc1. The molecule has 0 spiro atoms. The second-order valence-electron chi connectivity index (χ2n) is 6.99. The Labute approximate surface area is 171 Å². The Morgan fingerprint density at radius 3 is 2.69 bits per heavy atom. The number of furan rings is 1. The van der Waals surface area contributed by atoms with Crippen molar-refractivity contribution in [2.75, 3.05) is 0 Å². The third kappa shape index (κ3) is 2.89. The molecule has 0 N–H and O–H groups in total. The van der Waals surface area contributed by atoms with Crippen LogP contribution >= 0.6 is 11.3 Å². The Bertz CT molecular complexity index is 1360. The topological polar surface area (TPSA) is 65.3 Å². The highest BCUT2D eigenvalue weighted by molar-refractivity contribution is 7.19. The molecular weight excluding hydrogens is 384 g/mol. The Kier molecular flexibility index (Phi) is 4.32. The lowest BCUT2D eigenvalue weighted by Gasteiger charge is -2.09. The van der Waals surface area contributed by atoms with Gasteiger partial charge in [0.15, 0.2) is 11.4 Å². The number of aromatic nitrogens is 4. The van der Waals surface area contributed by atoms with Gasteiger partial charge in [0.05, 0.1) is 11.6 Å². The van der Waals surface area contributed by atoms with E-state index in [9.17, 15) is 4.79 Å². The fraction of sp³-hybridized carbons (Fsp3) is 0.227. The van der Waals surface area contributed by atoms with E-state index < -0.39 is 0 Å². The molecule has 0 bridgehead atoms. The van der Waals surface area contributed by atoms with Gasteiger partial charge in [-0.15, -0.1) is 16.4 Å². The first-order chi connectivity index (χ1) is 14.2. The fourth-order valence-corrected chi connectivity index (χ4v) is 5.07. The molecule has 1 aromatic carbocycles. The van der Waals surface area contributed by atoms with E-state index in [0.29, 0.717) is 23.8 Å². The van der Waals surface area contributed by atoms with Gasteiger partial charge in [-0.3, -0.25) is 4.57 Å². The summed E-state index contributed by atoms with van der Waals surface area (Å²) in [6.45, 7) is 4.83. The van der Waals surface area contributed by atoms with Crippen LogP contribution in [-0.2, 0) is 19.4 Å². The molecular formula is C22H20N4O2S. The maximum atomic E-state index is 13.4. The molecule has 0 radical (unpaired) electrons. The van der Waals surface area contributed by atoms with Crippen molar-refractivity contribution in [1.29, 1.82) is 0 Å². The summed E-state index contributed by atoms with van der Waals surface area (Å²) in [4.78, 5) is 20.2. The molecule has 5 aromatic rings. The van der Waals surface area contributed by atoms with Gasteiger partial charge in [-0.2, -0.15) is 4.52 Å². The Morgan fingerprint density at radius 1 is 1.14 bits per heavy atom. The Balaban J connectivity index is 1.75. The average molecular weight is 404 g/mol. The molecule has 146 valence electrons. The predicted octanol–water partition coefficient (Wildman–Crippen LogP) is 4.48. The van der Waals surface area contributed by atoms with Crippen LogP contribution in [0.25, 0.3) is 27.4 Å². The molecule has 0 unspecified atom stereocenters. The van der Waals surface area contributed by atoms with Crippen molar-refractivity contribution in [2.45, 2.75) is 33.2 Å². The fourth-order valence-electron chi connectivity index (χ4n) is 3.81. The number of thiophene rings is 1. The van der Waals surface area contributed by atoms with Crippen molar-refractivity contribution in [1.82, 2.24) is 19.2 Å². The van der Waals surface area contributed by atoms with Crippen LogP contribution in [0.5, 0.6) is 0 Å². The summed E-state index contributed by atoms with van der Waals surface area (Å²) in [5.41, 5.74) is 2.86. The van der Waals surface area contributed by atoms with Gasteiger partial charge in [0.25, 0.3) is 0 Å². The molecule has 0 saturated heterocycles. The number of hydrogen-bond acceptors (Lipinski definition) is 5. The summed E-state index contributed by atoms with van der Waals surface area (Å²) in [6, 6.07) is 13.8. The lowest BCUT2D eigenvalue weighted by molar-refractivity contribution is 0.576. The van der Waals surface area contributed by atoms with Crippen LogP contribution < -0.4 is 5.69 Å². The second-order valence-corrected chi connectivity index (χ2v) is 8.19. The van der Waals surface area contributed by atoms with Gasteiger partial charge in [-0.1, -0.05) is 37.3 Å². The maximum Gasteiger partial charge on any atom is 0.351 e. The van der Waals surface area contributed by atoms with E-state index in [0.717, 1.165) is 23.1 Å². The zero-order valence-corrected chi connectivity index (χ0v) is 17.1. The summed E-state index contributed by atoms with van der Waals surface area (Å²) in [5, 5.41) is 5.51. The number of nitrogens with zero attached hydrogens (tertiary/aromatic N) is 4. The van der Waals surface area contributed by atoms with E-state index in [1.165, 1.54) is 20.5 Å². The maximum absolute atomic E-state index is 13.4. The molecule has 6 nitrogen and oxygen atoms in total. The van der Waals surface area contributed by atoms with E-state index in [1.54, 1.807) is 29.7 Å². The van der Waals surface area contributed by atoms with Crippen molar-refractivity contribution in [3.63, 3.8) is 0 Å². The quantitative estimate of drug-likeness (QED) is 0.433. The molecule has 29 heavy (non-hydrogen) atoms. The highest BCUT2D eigenvalue weighted by Crippen LogP contribution is 2.33. The largest absolute Gasteiger partial charge is 0.461 e. The first kappa shape index (κ1) is 17.9. The summed E-state index contributed by atoms with van der Waals surface area (Å²) < 4.78 is 8.72. The molecule has 0 fully saturated rings. The number of rotatable bonds is 5. The first-order valence-corrected chi connectivity index (χ1v) is 10.5. The van der Waals surface area contributed by atoms with Crippen LogP contribution in [0.3, 0.4) is 0 Å². The summed E-state index contributed by atoms with van der Waals surface area (Å²) in [5.74, 6) is 0.988. The van der Waals surface area contributed by atoms with E-state index in [1.807, 2.05) is 22.8 Å². The first-order valence-electron chi connectivity index (χ1n) is 9.66. The van der Waals surface area contributed by atoms with Gasteiger partial charge in [0.1, 0.15) is 4.83 Å². The molecule has 7 heteroatoms. The van der Waals surface area contributed by atoms with Crippen molar-refractivity contribution in [2.24, 2.45) is 0 Å². The minimum atomic E-state index is -0.169. The third-order valence-corrected chi connectivity index (χ3v) is 6.41. The predicted molar refractivity (Wildman–Crippen MR) is 115 cm³/mol. The van der Waals surface area contributed by atoms with Crippen LogP contribution in [-0.4, -0.2) is 19.2 Å². The number of hydrogen-bond donors (Lipinski definition) is 0. The highest BCUT2D eigenvalue weighted by atomic mass is 32.1. The van der Waals surface area contributed by atoms with Gasteiger partial charge in [-0.25, -0.2) is 9.78 Å². The van der Waals surface area contributed by atoms with Crippen molar-refractivity contribution in [3.05, 3.63) is 75.2 Å². The van der Waals surface area contributed by atoms with Crippen LogP contribution in [0.1, 0.15) is 22.9 Å². The minimum absolute atomic E-state index is 0.169. The van der Waals surface area contributed by atoms with Crippen LogP contribution in [0.15, 0.2) is 57.9 Å². The zero-order valence-electron chi connectivity index (χ0n) is 16.3. The minimum Gasteiger partial charge on any atom is -0.461 e. The van der Waals surface area contributed by atoms with Gasteiger partial charge in [-0.05, 0) is 43.0 Å². The number of aryl methyl sites for hydroxylation is 4. The third-order valence-electron chi connectivity index (χ3n) is 5.24. The van der Waals surface area contributed by atoms with Crippen molar-refractivity contribution >= 4 is 27.2 Å². The molecule has 0 aliphatic rings. The average Bonchev–Trinajstić information content (AvgIpc) is 3.46. The van der Waals surface area contributed by atoms with Gasteiger partial charge in [0, 0.05) is 11.4 Å². The van der Waals surface area contributed by atoms with Gasteiger partial charge < -0.3 is 4.42 Å². The van der Waals surface area contributed by atoms with Crippen LogP contribution in [0.4, 0.5) is 0 Å². The second kappa shape index (κ2) is 7.00. The summed E-state index contributed by atoms with van der Waals surface area (Å²) >= 11 is 1.66. The molecule has 0 aliphatic heterocycles. The van der Waals surface area contributed by atoms with E-state index >= 15 is 0 Å². The summed E-state index contributed by atoms with van der Waals surface area (Å²) in [7, 11) is 0. The highest BCUT2D eigenvalue weighted by Gasteiger charge is 2.21. The Hall–Kier alpha value is -3.19. The molecule has 0 saturated carbocycles. The molecule has 4 aromatic heterocycles. The van der Waals surface area contributed by atoms with Gasteiger partial charge in [0.2, 0.25) is 5.82 Å². The molecule has 0 amide bonds. The zero-order chi connectivity index (χ0) is 20.0. The molecule has 5 rings (SSSR count). The van der Waals surface area contributed by atoms with Crippen molar-refractivity contribution in [3.8, 4) is 11.6 Å². The normalized spacial score (nSPS) is 11.7. The molecule has 0 atom stereocenters. The number of fused-ring (bicyclic) bond motifs is 3. The van der Waals surface area contributed by atoms with E-state index in [2.05, 4.69) is 36.1 Å².